The lowest BCUT2D eigenvalue weighted by molar-refractivity contribution is -0.275. The first-order valence-electron chi connectivity index (χ1n) is 2.96. The van der Waals surface area contributed by atoms with Crippen molar-refractivity contribution >= 4 is 11.6 Å². The van der Waals surface area contributed by atoms with E-state index in [9.17, 15) is 17.6 Å². The van der Waals surface area contributed by atoms with Gasteiger partial charge in [-0.1, -0.05) is 11.6 Å². The summed E-state index contributed by atoms with van der Waals surface area (Å²) in [6, 6.07) is 0.731. The van der Waals surface area contributed by atoms with Gasteiger partial charge in [0.25, 0.3) is 0 Å². The van der Waals surface area contributed by atoms with Crippen LogP contribution in [0.1, 0.15) is 0 Å². The highest BCUT2D eigenvalue weighted by Gasteiger charge is 2.32. The van der Waals surface area contributed by atoms with Crippen molar-refractivity contribution in [2.45, 2.75) is 6.36 Å². The molecular formula is C6H2ClF4NO. The molecule has 0 saturated carbocycles. The van der Waals surface area contributed by atoms with Gasteiger partial charge in [-0.25, -0.2) is 4.98 Å². The molecule has 1 aromatic heterocycles. The number of aromatic nitrogens is 1. The molecule has 0 radical (unpaired) electrons. The van der Waals surface area contributed by atoms with Crippen molar-refractivity contribution in [3.8, 4) is 5.75 Å². The second-order valence-corrected chi connectivity index (χ2v) is 2.32. The monoisotopic (exact) mass is 215 g/mol. The van der Waals surface area contributed by atoms with E-state index in [1.54, 1.807) is 0 Å². The molecule has 0 saturated heterocycles. The molecule has 0 aromatic carbocycles. The third-order valence-electron chi connectivity index (χ3n) is 1.04. The summed E-state index contributed by atoms with van der Waals surface area (Å²) < 4.78 is 50.8. The maximum Gasteiger partial charge on any atom is 0.573 e. The lowest BCUT2D eigenvalue weighted by Gasteiger charge is -2.08. The molecule has 1 aromatic rings. The van der Waals surface area contributed by atoms with Gasteiger partial charge in [0.2, 0.25) is 5.82 Å². The van der Waals surface area contributed by atoms with Gasteiger partial charge in [-0.3, -0.25) is 0 Å². The fourth-order valence-electron chi connectivity index (χ4n) is 0.605. The van der Waals surface area contributed by atoms with Crippen LogP contribution in [0.2, 0.25) is 5.15 Å². The van der Waals surface area contributed by atoms with E-state index in [4.69, 9.17) is 11.6 Å². The second-order valence-electron chi connectivity index (χ2n) is 1.96. The largest absolute Gasteiger partial charge is 0.573 e. The van der Waals surface area contributed by atoms with E-state index in [1.165, 1.54) is 0 Å². The van der Waals surface area contributed by atoms with Crippen LogP contribution in [0.5, 0.6) is 5.75 Å². The first-order chi connectivity index (χ1) is 5.90. The highest BCUT2D eigenvalue weighted by Crippen LogP contribution is 2.27. The van der Waals surface area contributed by atoms with E-state index in [-0.39, 0.29) is 0 Å². The highest BCUT2D eigenvalue weighted by molar-refractivity contribution is 6.29. The molecule has 0 atom stereocenters. The van der Waals surface area contributed by atoms with Gasteiger partial charge in [-0.15, -0.1) is 13.2 Å². The van der Waals surface area contributed by atoms with Crippen molar-refractivity contribution in [2.75, 3.05) is 0 Å². The lowest BCUT2D eigenvalue weighted by atomic mass is 10.4. The van der Waals surface area contributed by atoms with Crippen LogP contribution in [-0.2, 0) is 0 Å². The summed E-state index contributed by atoms with van der Waals surface area (Å²) in [5.41, 5.74) is 0. The third-order valence-corrected chi connectivity index (χ3v) is 1.30. The number of alkyl halides is 3. The smallest absolute Gasteiger partial charge is 0.402 e. The quantitative estimate of drug-likeness (QED) is 0.531. The van der Waals surface area contributed by atoms with Gasteiger partial charge in [0, 0.05) is 12.3 Å². The van der Waals surface area contributed by atoms with Gasteiger partial charge in [0.05, 0.1) is 0 Å². The van der Waals surface area contributed by atoms with E-state index in [2.05, 4.69) is 9.72 Å². The van der Waals surface area contributed by atoms with Gasteiger partial charge in [-0.2, -0.15) is 4.39 Å². The minimum absolute atomic E-state index is 0.665. The molecule has 0 N–H and O–H groups in total. The van der Waals surface area contributed by atoms with Crippen LogP contribution < -0.4 is 4.74 Å². The summed E-state index contributed by atoms with van der Waals surface area (Å²) in [6.07, 6.45) is -4.03. The summed E-state index contributed by atoms with van der Waals surface area (Å²) in [6.45, 7) is 0. The number of ether oxygens (including phenoxy) is 1. The van der Waals surface area contributed by atoms with Crippen LogP contribution in [-0.4, -0.2) is 11.3 Å². The lowest BCUT2D eigenvalue weighted by Crippen LogP contribution is -2.18. The topological polar surface area (TPSA) is 22.1 Å². The van der Waals surface area contributed by atoms with Crippen LogP contribution >= 0.6 is 11.6 Å². The van der Waals surface area contributed by atoms with Gasteiger partial charge in [0.1, 0.15) is 0 Å². The molecule has 0 bridgehead atoms. The maximum atomic E-state index is 12.7. The summed E-state index contributed by atoms with van der Waals surface area (Å²) >= 11 is 5.11. The number of rotatable bonds is 1. The van der Waals surface area contributed by atoms with Gasteiger partial charge < -0.3 is 4.74 Å². The average Bonchev–Trinajstić information content (AvgIpc) is 1.96. The van der Waals surface area contributed by atoms with E-state index >= 15 is 0 Å². The van der Waals surface area contributed by atoms with E-state index in [0.29, 0.717) is 0 Å². The molecule has 0 fully saturated rings. The van der Waals surface area contributed by atoms with Crippen molar-refractivity contribution < 1.29 is 22.3 Å². The zero-order chi connectivity index (χ0) is 10.1. The molecule has 13 heavy (non-hydrogen) atoms. The molecule has 2 nitrogen and oxygen atoms in total. The van der Waals surface area contributed by atoms with Gasteiger partial charge >= 0.3 is 6.36 Å². The van der Waals surface area contributed by atoms with Crippen LogP contribution in [0.4, 0.5) is 17.6 Å². The van der Waals surface area contributed by atoms with Crippen LogP contribution in [0, 0.1) is 5.82 Å². The Labute approximate surface area is 75.1 Å². The van der Waals surface area contributed by atoms with Crippen LogP contribution in [0.15, 0.2) is 12.3 Å². The van der Waals surface area contributed by atoms with E-state index in [0.717, 1.165) is 12.3 Å². The number of pyridine rings is 1. The normalized spacial score (nSPS) is 11.5. The summed E-state index contributed by atoms with van der Waals surface area (Å²) in [5, 5.41) is -0.665. The average molecular weight is 216 g/mol. The molecule has 0 amide bonds. The fourth-order valence-corrected chi connectivity index (χ4v) is 0.755. The van der Waals surface area contributed by atoms with E-state index in [1.807, 2.05) is 0 Å². The summed E-state index contributed by atoms with van der Waals surface area (Å²) in [4.78, 5) is 3.21. The molecule has 0 aliphatic carbocycles. The molecule has 72 valence electrons. The van der Waals surface area contributed by atoms with Crippen LogP contribution in [0.3, 0.4) is 0 Å². The Morgan fingerprint density at radius 3 is 2.54 bits per heavy atom. The SMILES string of the molecule is Fc1c(OC(F)(F)F)ccnc1Cl. The third kappa shape index (κ3) is 2.73. The Hall–Kier alpha value is -1.04. The highest BCUT2D eigenvalue weighted by atomic mass is 35.5. The zero-order valence-corrected chi connectivity index (χ0v) is 6.66. The van der Waals surface area contributed by atoms with Crippen molar-refractivity contribution in [1.29, 1.82) is 0 Å². The first kappa shape index (κ1) is 10.0. The van der Waals surface area contributed by atoms with Gasteiger partial charge in [-0.05, 0) is 0 Å². The predicted molar refractivity (Wildman–Crippen MR) is 35.9 cm³/mol. The standard InChI is InChI=1S/C6H2ClF4NO/c7-5-4(8)3(1-2-12-5)13-6(9,10)11/h1-2H. The second kappa shape index (κ2) is 3.37. The van der Waals surface area contributed by atoms with Crippen LogP contribution in [0.25, 0.3) is 0 Å². The minimum Gasteiger partial charge on any atom is -0.402 e. The molecular weight excluding hydrogens is 214 g/mol. The van der Waals surface area contributed by atoms with Gasteiger partial charge in [0.15, 0.2) is 10.9 Å². The molecule has 0 aliphatic heterocycles. The Bertz CT molecular complexity index is 314. The summed E-state index contributed by atoms with van der Waals surface area (Å²) in [7, 11) is 0. The van der Waals surface area contributed by atoms with Crippen molar-refractivity contribution in [1.82, 2.24) is 4.98 Å². The Morgan fingerprint density at radius 2 is 2.00 bits per heavy atom. The first-order valence-corrected chi connectivity index (χ1v) is 3.33. The molecule has 0 unspecified atom stereocenters. The Morgan fingerprint density at radius 1 is 1.38 bits per heavy atom. The Kier molecular flexibility index (Phi) is 2.60. The zero-order valence-electron chi connectivity index (χ0n) is 5.90. The number of nitrogens with zero attached hydrogens (tertiary/aromatic N) is 1. The number of hydrogen-bond donors (Lipinski definition) is 0. The van der Waals surface area contributed by atoms with E-state index < -0.39 is 23.1 Å². The minimum atomic E-state index is -4.94. The molecule has 7 heteroatoms. The van der Waals surface area contributed by atoms with Crippen molar-refractivity contribution in [3.05, 3.63) is 23.2 Å². The summed E-state index contributed by atoms with van der Waals surface area (Å²) in [5.74, 6) is -2.33. The Balaban J connectivity index is 2.96. The maximum absolute atomic E-state index is 12.7. The fraction of sp³-hybridized carbons (Fsp3) is 0.167. The number of hydrogen-bond acceptors (Lipinski definition) is 2. The number of halogens is 5. The molecule has 1 heterocycles. The van der Waals surface area contributed by atoms with Crippen molar-refractivity contribution in [2.24, 2.45) is 0 Å². The van der Waals surface area contributed by atoms with Crippen molar-refractivity contribution in [3.63, 3.8) is 0 Å². The predicted octanol–water partition coefficient (Wildman–Crippen LogP) is 2.77. The molecule has 0 spiro atoms. The molecule has 0 aliphatic rings. The molecule has 1 rings (SSSR count).